The van der Waals surface area contributed by atoms with Crippen molar-refractivity contribution in [2.75, 3.05) is 6.54 Å². The van der Waals surface area contributed by atoms with E-state index in [-0.39, 0.29) is 0 Å². The summed E-state index contributed by atoms with van der Waals surface area (Å²) >= 11 is 0. The molecule has 0 saturated carbocycles. The third kappa shape index (κ3) is 5.68. The van der Waals surface area contributed by atoms with E-state index in [9.17, 15) is 0 Å². The Morgan fingerprint density at radius 3 is 2.57 bits per heavy atom. The fourth-order valence-electron chi connectivity index (χ4n) is 2.03. The molecule has 0 amide bonds. The Balaban J connectivity index is 1.80. The van der Waals surface area contributed by atoms with Crippen LogP contribution in [0.15, 0.2) is 54.6 Å². The van der Waals surface area contributed by atoms with Gasteiger partial charge in [0.2, 0.25) is 0 Å². The van der Waals surface area contributed by atoms with Gasteiger partial charge in [0, 0.05) is 13.0 Å². The second-order valence-electron chi connectivity index (χ2n) is 4.85. The lowest BCUT2D eigenvalue weighted by molar-refractivity contribution is 0.481. The maximum atomic E-state index is 8.47. The Morgan fingerprint density at radius 1 is 0.952 bits per heavy atom. The summed E-state index contributed by atoms with van der Waals surface area (Å²) in [6.07, 6.45) is 2.64. The molecule has 2 aromatic carbocycles. The molecule has 0 unspecified atom stereocenters. The molecular formula is C18H20N2O. The van der Waals surface area contributed by atoms with Crippen LogP contribution < -0.4 is 10.1 Å². The van der Waals surface area contributed by atoms with Crippen LogP contribution in [0.1, 0.15) is 24.8 Å². The van der Waals surface area contributed by atoms with Crippen LogP contribution in [0, 0.1) is 11.3 Å². The summed E-state index contributed by atoms with van der Waals surface area (Å²) in [7, 11) is 0. The maximum absolute atomic E-state index is 8.47. The van der Waals surface area contributed by atoms with Crippen LogP contribution >= 0.6 is 0 Å². The van der Waals surface area contributed by atoms with Gasteiger partial charge in [-0.05, 0) is 49.2 Å². The lowest BCUT2D eigenvalue weighted by atomic mass is 10.2. The number of para-hydroxylation sites is 1. The lowest BCUT2D eigenvalue weighted by Gasteiger charge is -2.08. The Hall–Kier alpha value is -2.31. The van der Waals surface area contributed by atoms with E-state index in [1.807, 2.05) is 42.5 Å². The van der Waals surface area contributed by atoms with Crippen molar-refractivity contribution in [1.82, 2.24) is 5.32 Å². The number of benzene rings is 2. The predicted octanol–water partition coefficient (Wildman–Crippen LogP) is 4.26. The molecule has 3 heteroatoms. The number of hydrogen-bond acceptors (Lipinski definition) is 3. The molecule has 0 aromatic heterocycles. The van der Waals surface area contributed by atoms with E-state index in [0.29, 0.717) is 6.42 Å². The smallest absolute Gasteiger partial charge is 0.127 e. The summed E-state index contributed by atoms with van der Waals surface area (Å²) in [6, 6.07) is 20.0. The molecule has 0 spiro atoms. The molecule has 2 aromatic rings. The maximum Gasteiger partial charge on any atom is 0.127 e. The van der Waals surface area contributed by atoms with E-state index >= 15 is 0 Å². The van der Waals surface area contributed by atoms with Gasteiger partial charge in [-0.25, -0.2) is 0 Å². The average Bonchev–Trinajstić information content (AvgIpc) is 2.52. The van der Waals surface area contributed by atoms with Crippen molar-refractivity contribution >= 4 is 0 Å². The molecule has 21 heavy (non-hydrogen) atoms. The lowest BCUT2D eigenvalue weighted by Crippen LogP contribution is -2.14. The van der Waals surface area contributed by atoms with Gasteiger partial charge in [0.15, 0.2) is 0 Å². The molecule has 0 aliphatic heterocycles. The molecule has 0 fully saturated rings. The monoisotopic (exact) mass is 280 g/mol. The molecule has 0 heterocycles. The van der Waals surface area contributed by atoms with E-state index in [4.69, 9.17) is 10.00 Å². The molecule has 0 saturated heterocycles. The van der Waals surface area contributed by atoms with Gasteiger partial charge in [0.1, 0.15) is 11.5 Å². The van der Waals surface area contributed by atoms with E-state index in [2.05, 4.69) is 23.5 Å². The normalized spacial score (nSPS) is 10.0. The number of nitrogens with zero attached hydrogens (tertiary/aromatic N) is 1. The molecule has 1 N–H and O–H groups in total. The number of unbranched alkanes of at least 4 members (excludes halogenated alkanes) is 2. The summed E-state index contributed by atoms with van der Waals surface area (Å²) < 4.78 is 5.81. The average molecular weight is 280 g/mol. The van der Waals surface area contributed by atoms with Gasteiger partial charge in [-0.1, -0.05) is 30.3 Å². The van der Waals surface area contributed by atoms with Crippen LogP contribution in [0.2, 0.25) is 0 Å². The first-order valence-electron chi connectivity index (χ1n) is 7.28. The minimum atomic E-state index is 0.641. The zero-order valence-corrected chi connectivity index (χ0v) is 12.1. The quantitative estimate of drug-likeness (QED) is 0.735. The van der Waals surface area contributed by atoms with Gasteiger partial charge in [-0.15, -0.1) is 0 Å². The Labute approximate surface area is 126 Å². The van der Waals surface area contributed by atoms with Crippen molar-refractivity contribution < 1.29 is 4.74 Å². The zero-order chi connectivity index (χ0) is 14.8. The standard InChI is InChI=1S/C18H20N2O/c19-12-5-2-6-13-20-15-16-8-7-11-18(14-16)21-17-9-3-1-4-10-17/h1,3-4,7-11,14,20H,2,5-6,13,15H2. The Kier molecular flexibility index (Phi) is 6.31. The third-order valence-corrected chi connectivity index (χ3v) is 3.10. The van der Waals surface area contributed by atoms with Crippen molar-refractivity contribution in [2.24, 2.45) is 0 Å². The van der Waals surface area contributed by atoms with Crippen molar-refractivity contribution in [2.45, 2.75) is 25.8 Å². The first-order chi connectivity index (χ1) is 10.4. The predicted molar refractivity (Wildman–Crippen MR) is 84.1 cm³/mol. The topological polar surface area (TPSA) is 45.0 Å². The van der Waals surface area contributed by atoms with Gasteiger partial charge < -0.3 is 10.1 Å². The molecule has 0 aliphatic carbocycles. The minimum absolute atomic E-state index is 0.641. The Bertz CT molecular complexity index is 575. The second-order valence-corrected chi connectivity index (χ2v) is 4.85. The fourth-order valence-corrected chi connectivity index (χ4v) is 2.03. The molecule has 0 bridgehead atoms. The summed E-state index contributed by atoms with van der Waals surface area (Å²) in [5, 5.41) is 11.9. The van der Waals surface area contributed by atoms with Crippen LogP contribution in [-0.2, 0) is 6.54 Å². The number of nitrogens with one attached hydrogen (secondary N) is 1. The van der Waals surface area contributed by atoms with Gasteiger partial charge in [0.25, 0.3) is 0 Å². The fraction of sp³-hybridized carbons (Fsp3) is 0.278. The summed E-state index contributed by atoms with van der Waals surface area (Å²) in [5.74, 6) is 1.70. The second kappa shape index (κ2) is 8.78. The van der Waals surface area contributed by atoms with E-state index < -0.39 is 0 Å². The largest absolute Gasteiger partial charge is 0.457 e. The number of nitriles is 1. The third-order valence-electron chi connectivity index (χ3n) is 3.10. The first-order valence-corrected chi connectivity index (χ1v) is 7.28. The molecule has 2 rings (SSSR count). The molecule has 0 atom stereocenters. The van der Waals surface area contributed by atoms with Crippen molar-refractivity contribution in [3.8, 4) is 17.6 Å². The SMILES string of the molecule is N#CCCCCNCc1cccc(Oc2ccccc2)c1. The minimum Gasteiger partial charge on any atom is -0.457 e. The number of rotatable bonds is 8. The molecular weight excluding hydrogens is 260 g/mol. The van der Waals surface area contributed by atoms with E-state index in [0.717, 1.165) is 37.4 Å². The molecule has 3 nitrogen and oxygen atoms in total. The first kappa shape index (κ1) is 15.1. The highest BCUT2D eigenvalue weighted by Gasteiger charge is 1.99. The van der Waals surface area contributed by atoms with Crippen molar-refractivity contribution in [3.63, 3.8) is 0 Å². The van der Waals surface area contributed by atoms with Gasteiger partial charge in [0.05, 0.1) is 6.07 Å². The van der Waals surface area contributed by atoms with Crippen molar-refractivity contribution in [1.29, 1.82) is 5.26 Å². The highest BCUT2D eigenvalue weighted by molar-refractivity contribution is 5.33. The van der Waals surface area contributed by atoms with Crippen LogP contribution in [0.3, 0.4) is 0 Å². The Morgan fingerprint density at radius 2 is 1.76 bits per heavy atom. The highest BCUT2D eigenvalue weighted by Crippen LogP contribution is 2.21. The molecule has 0 radical (unpaired) electrons. The number of ether oxygens (including phenoxy) is 1. The van der Waals surface area contributed by atoms with E-state index in [1.165, 1.54) is 5.56 Å². The van der Waals surface area contributed by atoms with Crippen LogP contribution in [0.25, 0.3) is 0 Å². The van der Waals surface area contributed by atoms with Crippen molar-refractivity contribution in [3.05, 3.63) is 60.2 Å². The number of hydrogen-bond donors (Lipinski definition) is 1. The zero-order valence-electron chi connectivity index (χ0n) is 12.1. The summed E-state index contributed by atoms with van der Waals surface area (Å²) in [6.45, 7) is 1.75. The van der Waals surface area contributed by atoms with Gasteiger partial charge >= 0.3 is 0 Å². The van der Waals surface area contributed by atoms with Gasteiger partial charge in [-0.3, -0.25) is 0 Å². The summed E-state index contributed by atoms with van der Waals surface area (Å²) in [5.41, 5.74) is 1.20. The molecule has 0 aliphatic rings. The van der Waals surface area contributed by atoms with Crippen LogP contribution in [0.5, 0.6) is 11.5 Å². The van der Waals surface area contributed by atoms with Crippen LogP contribution in [0.4, 0.5) is 0 Å². The summed E-state index contributed by atoms with van der Waals surface area (Å²) in [4.78, 5) is 0. The van der Waals surface area contributed by atoms with Gasteiger partial charge in [-0.2, -0.15) is 5.26 Å². The van der Waals surface area contributed by atoms with E-state index in [1.54, 1.807) is 0 Å². The highest BCUT2D eigenvalue weighted by atomic mass is 16.5. The molecule has 108 valence electrons. The van der Waals surface area contributed by atoms with Crippen LogP contribution in [-0.4, -0.2) is 6.54 Å².